The van der Waals surface area contributed by atoms with Crippen LogP contribution in [0.4, 0.5) is 5.69 Å². The zero-order valence-corrected chi connectivity index (χ0v) is 12.0. The van der Waals surface area contributed by atoms with Gasteiger partial charge in [0, 0.05) is 16.6 Å². The molecule has 1 aromatic carbocycles. The van der Waals surface area contributed by atoms with Crippen LogP contribution in [0.1, 0.15) is 11.3 Å². The molecule has 0 spiro atoms. The second-order valence-corrected chi connectivity index (χ2v) is 4.88. The van der Waals surface area contributed by atoms with Crippen LogP contribution in [-0.2, 0) is 0 Å². The number of non-ortho nitro benzene ring substituents is 1. The first kappa shape index (κ1) is 13.5. The predicted molar refractivity (Wildman–Crippen MR) is 74.6 cm³/mol. The normalized spacial score (nSPS) is 10.3. The van der Waals surface area contributed by atoms with E-state index in [4.69, 9.17) is 4.74 Å². The van der Waals surface area contributed by atoms with Crippen LogP contribution < -0.4 is 4.74 Å². The van der Waals surface area contributed by atoms with Crippen molar-refractivity contribution in [1.82, 2.24) is 4.98 Å². The van der Waals surface area contributed by atoms with Gasteiger partial charge in [0.05, 0.1) is 16.7 Å². The lowest BCUT2D eigenvalue weighted by Crippen LogP contribution is -1.94. The van der Waals surface area contributed by atoms with Gasteiger partial charge in [0.15, 0.2) is 0 Å². The van der Waals surface area contributed by atoms with E-state index in [1.807, 2.05) is 19.9 Å². The summed E-state index contributed by atoms with van der Waals surface area (Å²) in [6, 6.07) is 8.02. The second kappa shape index (κ2) is 5.36. The third-order valence-corrected chi connectivity index (χ3v) is 3.43. The van der Waals surface area contributed by atoms with Gasteiger partial charge in [-0.1, -0.05) is 0 Å². The van der Waals surface area contributed by atoms with Crippen molar-refractivity contribution in [2.24, 2.45) is 0 Å². The molecule has 5 nitrogen and oxygen atoms in total. The largest absolute Gasteiger partial charge is 0.438 e. The Morgan fingerprint density at radius 1 is 1.26 bits per heavy atom. The van der Waals surface area contributed by atoms with Gasteiger partial charge in [0.2, 0.25) is 5.88 Å². The number of nitro benzene ring substituents is 1. The summed E-state index contributed by atoms with van der Waals surface area (Å²) in [7, 11) is 0. The molecule has 2 rings (SSSR count). The molecule has 0 bridgehead atoms. The highest BCUT2D eigenvalue weighted by Crippen LogP contribution is 2.29. The Hall–Kier alpha value is -1.95. The number of ether oxygens (including phenoxy) is 1. The minimum Gasteiger partial charge on any atom is -0.438 e. The van der Waals surface area contributed by atoms with E-state index in [-0.39, 0.29) is 5.69 Å². The van der Waals surface area contributed by atoms with E-state index in [0.717, 1.165) is 15.7 Å². The molecule has 0 fully saturated rings. The van der Waals surface area contributed by atoms with Crippen LogP contribution in [0.25, 0.3) is 0 Å². The summed E-state index contributed by atoms with van der Waals surface area (Å²) in [5, 5.41) is 10.7. The Balaban J connectivity index is 2.34. The van der Waals surface area contributed by atoms with Gasteiger partial charge in [0.1, 0.15) is 5.75 Å². The summed E-state index contributed by atoms with van der Waals surface area (Å²) in [6.45, 7) is 3.67. The number of pyridine rings is 1. The summed E-state index contributed by atoms with van der Waals surface area (Å²) in [6.07, 6.45) is 0. The second-order valence-electron chi connectivity index (χ2n) is 4.03. The van der Waals surface area contributed by atoms with Gasteiger partial charge in [-0.2, -0.15) is 0 Å². The molecule has 0 amide bonds. The van der Waals surface area contributed by atoms with Gasteiger partial charge in [-0.05, 0) is 47.5 Å². The highest BCUT2D eigenvalue weighted by atomic mass is 79.9. The van der Waals surface area contributed by atoms with Crippen molar-refractivity contribution in [3.8, 4) is 11.6 Å². The lowest BCUT2D eigenvalue weighted by atomic mass is 10.2. The van der Waals surface area contributed by atoms with Gasteiger partial charge in [-0.15, -0.1) is 0 Å². The van der Waals surface area contributed by atoms with Crippen molar-refractivity contribution in [2.75, 3.05) is 0 Å². The van der Waals surface area contributed by atoms with Gasteiger partial charge < -0.3 is 4.74 Å². The molecule has 98 valence electrons. The van der Waals surface area contributed by atoms with Crippen molar-refractivity contribution < 1.29 is 9.66 Å². The molecule has 0 atom stereocenters. The van der Waals surface area contributed by atoms with Crippen molar-refractivity contribution >= 4 is 21.6 Å². The zero-order valence-electron chi connectivity index (χ0n) is 10.4. The van der Waals surface area contributed by atoms with E-state index >= 15 is 0 Å². The Kier molecular flexibility index (Phi) is 3.80. The Morgan fingerprint density at radius 3 is 2.63 bits per heavy atom. The molecule has 6 heteroatoms. The van der Waals surface area contributed by atoms with Crippen molar-refractivity contribution in [1.29, 1.82) is 0 Å². The van der Waals surface area contributed by atoms with E-state index in [2.05, 4.69) is 20.9 Å². The SMILES string of the molecule is Cc1ccc([N+](=O)[O-])cc1Oc1ccc(Br)c(C)n1. The lowest BCUT2D eigenvalue weighted by molar-refractivity contribution is -0.384. The molecule has 19 heavy (non-hydrogen) atoms. The number of benzene rings is 1. The molecular formula is C13H11BrN2O3. The van der Waals surface area contributed by atoms with E-state index < -0.39 is 4.92 Å². The summed E-state index contributed by atoms with van der Waals surface area (Å²) in [5.74, 6) is 0.840. The van der Waals surface area contributed by atoms with Crippen LogP contribution in [0.5, 0.6) is 11.6 Å². The topological polar surface area (TPSA) is 65.3 Å². The van der Waals surface area contributed by atoms with Crippen LogP contribution >= 0.6 is 15.9 Å². The fraction of sp³-hybridized carbons (Fsp3) is 0.154. The van der Waals surface area contributed by atoms with Gasteiger partial charge in [-0.25, -0.2) is 4.98 Å². The molecule has 0 saturated carbocycles. The minimum atomic E-state index is -0.452. The number of halogens is 1. The highest BCUT2D eigenvalue weighted by Gasteiger charge is 2.11. The van der Waals surface area contributed by atoms with Gasteiger partial charge >= 0.3 is 0 Å². The summed E-state index contributed by atoms with van der Waals surface area (Å²) >= 11 is 3.35. The van der Waals surface area contributed by atoms with Crippen molar-refractivity contribution in [3.05, 3.63) is 56.2 Å². The maximum absolute atomic E-state index is 10.7. The van der Waals surface area contributed by atoms with Crippen LogP contribution in [0.3, 0.4) is 0 Å². The molecule has 0 aliphatic carbocycles. The standard InChI is InChI=1S/C13H11BrN2O3/c1-8-3-4-10(16(17)18)7-12(8)19-13-6-5-11(14)9(2)15-13/h3-7H,1-2H3. The predicted octanol–water partition coefficient (Wildman–Crippen LogP) is 4.16. The molecule has 0 saturated heterocycles. The van der Waals surface area contributed by atoms with Crippen molar-refractivity contribution in [3.63, 3.8) is 0 Å². The van der Waals surface area contributed by atoms with E-state index in [1.165, 1.54) is 12.1 Å². The van der Waals surface area contributed by atoms with Crippen LogP contribution in [-0.4, -0.2) is 9.91 Å². The Bertz CT molecular complexity index is 644. The Labute approximate surface area is 118 Å². The minimum absolute atomic E-state index is 0.00515. The average Bonchev–Trinajstić information content (AvgIpc) is 2.36. The van der Waals surface area contributed by atoms with Gasteiger partial charge in [0.25, 0.3) is 5.69 Å². The molecular weight excluding hydrogens is 312 g/mol. The fourth-order valence-corrected chi connectivity index (χ4v) is 1.72. The highest BCUT2D eigenvalue weighted by molar-refractivity contribution is 9.10. The smallest absolute Gasteiger partial charge is 0.273 e. The molecule has 0 unspecified atom stereocenters. The van der Waals surface area contributed by atoms with E-state index in [0.29, 0.717) is 11.6 Å². The fourth-order valence-electron chi connectivity index (χ4n) is 1.50. The summed E-state index contributed by atoms with van der Waals surface area (Å²) < 4.78 is 6.48. The summed E-state index contributed by atoms with van der Waals surface area (Å²) in [4.78, 5) is 14.5. The molecule has 0 radical (unpaired) electrons. The first-order valence-corrected chi connectivity index (χ1v) is 6.32. The molecule has 0 aliphatic heterocycles. The third kappa shape index (κ3) is 3.08. The lowest BCUT2D eigenvalue weighted by Gasteiger charge is -2.08. The Morgan fingerprint density at radius 2 is 2.00 bits per heavy atom. The van der Waals surface area contributed by atoms with Crippen LogP contribution in [0.2, 0.25) is 0 Å². The molecule has 1 aromatic heterocycles. The number of aromatic nitrogens is 1. The molecule has 1 heterocycles. The number of nitrogens with zero attached hydrogens (tertiary/aromatic N) is 2. The average molecular weight is 323 g/mol. The number of hydrogen-bond donors (Lipinski definition) is 0. The number of aryl methyl sites for hydroxylation is 2. The van der Waals surface area contributed by atoms with Gasteiger partial charge in [-0.3, -0.25) is 10.1 Å². The quantitative estimate of drug-likeness (QED) is 0.628. The summed E-state index contributed by atoms with van der Waals surface area (Å²) in [5.41, 5.74) is 1.60. The maximum atomic E-state index is 10.7. The molecule has 2 aromatic rings. The van der Waals surface area contributed by atoms with Crippen LogP contribution in [0, 0.1) is 24.0 Å². The number of hydrogen-bond acceptors (Lipinski definition) is 4. The van der Waals surface area contributed by atoms with Crippen molar-refractivity contribution in [2.45, 2.75) is 13.8 Å². The maximum Gasteiger partial charge on any atom is 0.273 e. The molecule has 0 aliphatic rings. The zero-order chi connectivity index (χ0) is 14.0. The van der Waals surface area contributed by atoms with E-state index in [1.54, 1.807) is 12.1 Å². The first-order valence-electron chi connectivity index (χ1n) is 5.53. The number of nitro groups is 1. The van der Waals surface area contributed by atoms with E-state index in [9.17, 15) is 10.1 Å². The monoisotopic (exact) mass is 322 g/mol. The first-order chi connectivity index (χ1) is 8.97. The third-order valence-electron chi connectivity index (χ3n) is 2.59. The molecule has 0 N–H and O–H groups in total. The number of rotatable bonds is 3. The van der Waals surface area contributed by atoms with Crippen LogP contribution in [0.15, 0.2) is 34.8 Å².